The number of benzene rings is 2. The Hall–Kier alpha value is -2.33. The van der Waals surface area contributed by atoms with Crippen molar-refractivity contribution in [1.29, 1.82) is 0 Å². The molecule has 0 bridgehead atoms. The summed E-state index contributed by atoms with van der Waals surface area (Å²) < 4.78 is 0. The van der Waals surface area contributed by atoms with Gasteiger partial charge in [-0.3, -0.25) is 4.90 Å². The van der Waals surface area contributed by atoms with Crippen LogP contribution in [0.5, 0.6) is 0 Å². The Bertz CT molecular complexity index is 729. The second-order valence-corrected chi connectivity index (χ2v) is 6.51. The average molecular weight is 324 g/mol. The number of carbonyl (C=O) groups is 1. The summed E-state index contributed by atoms with van der Waals surface area (Å²) in [5.41, 5.74) is 3.90. The largest absolute Gasteiger partial charge is 0.478 e. The molecule has 126 valence electrons. The minimum Gasteiger partial charge on any atom is -0.478 e. The number of nitrogens with zero attached hydrogens (tertiary/aromatic N) is 2. The van der Waals surface area contributed by atoms with Crippen molar-refractivity contribution in [2.75, 3.05) is 24.5 Å². The van der Waals surface area contributed by atoms with Gasteiger partial charge in [0.1, 0.15) is 0 Å². The van der Waals surface area contributed by atoms with E-state index in [2.05, 4.69) is 47.9 Å². The summed E-state index contributed by atoms with van der Waals surface area (Å²) in [6.07, 6.45) is 0. The van der Waals surface area contributed by atoms with Crippen molar-refractivity contribution >= 4 is 11.7 Å². The van der Waals surface area contributed by atoms with Gasteiger partial charge in [0.05, 0.1) is 5.56 Å². The normalized spacial score (nSPS) is 18.6. The lowest BCUT2D eigenvalue weighted by molar-refractivity contribution is 0.0693. The van der Waals surface area contributed by atoms with Crippen LogP contribution >= 0.6 is 0 Å². The molecule has 1 fully saturated rings. The van der Waals surface area contributed by atoms with Crippen LogP contribution < -0.4 is 4.90 Å². The van der Waals surface area contributed by atoms with Crippen molar-refractivity contribution in [2.45, 2.75) is 26.4 Å². The first-order chi connectivity index (χ1) is 11.6. The molecule has 4 heteroatoms. The predicted molar refractivity (Wildman–Crippen MR) is 96.7 cm³/mol. The van der Waals surface area contributed by atoms with Crippen molar-refractivity contribution in [1.82, 2.24) is 4.90 Å². The van der Waals surface area contributed by atoms with E-state index < -0.39 is 5.97 Å². The first-order valence-electron chi connectivity index (χ1n) is 8.42. The van der Waals surface area contributed by atoms with Crippen LogP contribution in [0.25, 0.3) is 0 Å². The van der Waals surface area contributed by atoms with Crippen molar-refractivity contribution in [3.05, 3.63) is 65.2 Å². The van der Waals surface area contributed by atoms with Gasteiger partial charge >= 0.3 is 5.97 Å². The molecule has 1 atom stereocenters. The number of hydrogen-bond acceptors (Lipinski definition) is 3. The molecule has 2 aromatic carbocycles. The topological polar surface area (TPSA) is 43.8 Å². The van der Waals surface area contributed by atoms with Crippen molar-refractivity contribution in [3.63, 3.8) is 0 Å². The standard InChI is InChI=1S/C20H24N2O2/c1-15-7-3-6-10-19(15)22-12-11-21(16(2)13-22)14-17-8-4-5-9-18(17)20(23)24/h3-10,16H,11-14H2,1-2H3,(H,23,24)/t16-/m1/s1. The highest BCUT2D eigenvalue weighted by atomic mass is 16.4. The first-order valence-corrected chi connectivity index (χ1v) is 8.42. The van der Waals surface area contributed by atoms with Gasteiger partial charge in [0.15, 0.2) is 0 Å². The molecule has 0 aliphatic carbocycles. The van der Waals surface area contributed by atoms with E-state index in [1.807, 2.05) is 12.1 Å². The van der Waals surface area contributed by atoms with Gasteiger partial charge in [-0.1, -0.05) is 36.4 Å². The van der Waals surface area contributed by atoms with Gasteiger partial charge in [0, 0.05) is 37.9 Å². The Morgan fingerprint density at radius 2 is 1.83 bits per heavy atom. The first kappa shape index (κ1) is 16.5. The van der Waals surface area contributed by atoms with Gasteiger partial charge in [-0.25, -0.2) is 4.79 Å². The molecular formula is C20H24N2O2. The number of piperazine rings is 1. The fourth-order valence-corrected chi connectivity index (χ4v) is 3.45. The molecule has 0 amide bonds. The van der Waals surface area contributed by atoms with E-state index in [1.54, 1.807) is 12.1 Å². The quantitative estimate of drug-likeness (QED) is 0.936. The van der Waals surface area contributed by atoms with Crippen molar-refractivity contribution < 1.29 is 9.90 Å². The third-order valence-corrected chi connectivity index (χ3v) is 4.84. The Kier molecular flexibility index (Phi) is 4.86. The maximum absolute atomic E-state index is 11.4. The Labute approximate surface area is 143 Å². The molecule has 1 heterocycles. The highest BCUT2D eigenvalue weighted by molar-refractivity contribution is 5.89. The molecule has 0 spiro atoms. The van der Waals surface area contributed by atoms with Crippen LogP contribution in [-0.4, -0.2) is 41.7 Å². The van der Waals surface area contributed by atoms with E-state index in [0.717, 1.165) is 25.2 Å². The number of aryl methyl sites for hydroxylation is 1. The van der Waals surface area contributed by atoms with E-state index in [4.69, 9.17) is 0 Å². The lowest BCUT2D eigenvalue weighted by Crippen LogP contribution is -2.51. The molecule has 1 saturated heterocycles. The number of carboxylic acids is 1. The Morgan fingerprint density at radius 3 is 2.54 bits per heavy atom. The fourth-order valence-electron chi connectivity index (χ4n) is 3.45. The fraction of sp³-hybridized carbons (Fsp3) is 0.350. The SMILES string of the molecule is Cc1ccccc1N1CCN(Cc2ccccc2C(=O)O)[C@H](C)C1. The molecule has 1 aliphatic heterocycles. The maximum Gasteiger partial charge on any atom is 0.336 e. The monoisotopic (exact) mass is 324 g/mol. The molecule has 4 nitrogen and oxygen atoms in total. The average Bonchev–Trinajstić information content (AvgIpc) is 2.57. The van der Waals surface area contributed by atoms with Crippen molar-refractivity contribution in [2.24, 2.45) is 0 Å². The van der Waals surface area contributed by atoms with E-state index in [1.165, 1.54) is 11.3 Å². The molecular weight excluding hydrogens is 300 g/mol. The third-order valence-electron chi connectivity index (χ3n) is 4.84. The molecule has 0 unspecified atom stereocenters. The van der Waals surface area contributed by atoms with E-state index >= 15 is 0 Å². The summed E-state index contributed by atoms with van der Waals surface area (Å²) >= 11 is 0. The lowest BCUT2D eigenvalue weighted by Gasteiger charge is -2.41. The highest BCUT2D eigenvalue weighted by Crippen LogP contribution is 2.24. The van der Waals surface area contributed by atoms with Crippen LogP contribution in [0.15, 0.2) is 48.5 Å². The minimum atomic E-state index is -0.850. The molecule has 3 rings (SSSR count). The van der Waals surface area contributed by atoms with Crippen LogP contribution in [0, 0.1) is 6.92 Å². The summed E-state index contributed by atoms with van der Waals surface area (Å²) in [5, 5.41) is 9.36. The minimum absolute atomic E-state index is 0.375. The summed E-state index contributed by atoms with van der Waals surface area (Å²) in [4.78, 5) is 16.2. The zero-order valence-electron chi connectivity index (χ0n) is 14.3. The third kappa shape index (κ3) is 3.44. The Balaban J connectivity index is 1.71. The number of aromatic carboxylic acids is 1. The smallest absolute Gasteiger partial charge is 0.336 e. The van der Waals surface area contributed by atoms with Gasteiger partial charge in [-0.2, -0.15) is 0 Å². The van der Waals surface area contributed by atoms with Gasteiger partial charge in [0.25, 0.3) is 0 Å². The number of rotatable bonds is 4. The van der Waals surface area contributed by atoms with Gasteiger partial charge < -0.3 is 10.0 Å². The zero-order valence-corrected chi connectivity index (χ0v) is 14.3. The predicted octanol–water partition coefficient (Wildman–Crippen LogP) is 3.40. The molecule has 2 aromatic rings. The second-order valence-electron chi connectivity index (χ2n) is 6.51. The van der Waals surface area contributed by atoms with Crippen LogP contribution in [0.1, 0.15) is 28.4 Å². The summed E-state index contributed by atoms with van der Waals surface area (Å²) in [6.45, 7) is 7.91. The van der Waals surface area contributed by atoms with E-state index in [-0.39, 0.29) is 0 Å². The van der Waals surface area contributed by atoms with E-state index in [0.29, 0.717) is 18.2 Å². The number of para-hydroxylation sites is 1. The van der Waals surface area contributed by atoms with E-state index in [9.17, 15) is 9.90 Å². The second kappa shape index (κ2) is 7.05. The van der Waals surface area contributed by atoms with Gasteiger partial charge in [0.2, 0.25) is 0 Å². The molecule has 24 heavy (non-hydrogen) atoms. The number of anilines is 1. The zero-order chi connectivity index (χ0) is 17.1. The van der Waals surface area contributed by atoms with Crippen LogP contribution in [0.4, 0.5) is 5.69 Å². The van der Waals surface area contributed by atoms with Crippen LogP contribution in [-0.2, 0) is 6.54 Å². The molecule has 0 aromatic heterocycles. The van der Waals surface area contributed by atoms with Gasteiger partial charge in [-0.15, -0.1) is 0 Å². The highest BCUT2D eigenvalue weighted by Gasteiger charge is 2.25. The molecule has 1 aliphatic rings. The van der Waals surface area contributed by atoms with Crippen molar-refractivity contribution in [3.8, 4) is 0 Å². The summed E-state index contributed by atoms with van der Waals surface area (Å²) in [5.74, 6) is -0.850. The van der Waals surface area contributed by atoms with Crippen LogP contribution in [0.2, 0.25) is 0 Å². The summed E-state index contributed by atoms with van der Waals surface area (Å²) in [6, 6.07) is 16.2. The molecule has 0 saturated carbocycles. The number of carboxylic acid groups (broad SMARTS) is 1. The summed E-state index contributed by atoms with van der Waals surface area (Å²) in [7, 11) is 0. The molecule has 0 radical (unpaired) electrons. The number of hydrogen-bond donors (Lipinski definition) is 1. The Morgan fingerprint density at radius 1 is 1.12 bits per heavy atom. The molecule has 1 N–H and O–H groups in total. The lowest BCUT2D eigenvalue weighted by atomic mass is 10.0. The van der Waals surface area contributed by atoms with Gasteiger partial charge in [-0.05, 0) is 37.1 Å². The van der Waals surface area contributed by atoms with Crippen LogP contribution in [0.3, 0.4) is 0 Å². The maximum atomic E-state index is 11.4.